The minimum Gasteiger partial charge on any atom is -0.484 e. The Morgan fingerprint density at radius 2 is 2.25 bits per heavy atom. The molecule has 1 rings (SSSR count). The van der Waals surface area contributed by atoms with Gasteiger partial charge in [0.2, 0.25) is 0 Å². The maximum absolute atomic E-state index is 13.1. The van der Waals surface area contributed by atoms with Crippen molar-refractivity contribution in [1.29, 1.82) is 0 Å². The first-order chi connectivity index (χ1) is 7.65. The minimum atomic E-state index is -0.391. The summed E-state index contributed by atoms with van der Waals surface area (Å²) < 4.78 is 18.3. The SMILES string of the molecule is CNC(=O)COc1cc(F)cc(CCN)c1. The second kappa shape index (κ2) is 6.07. The van der Waals surface area contributed by atoms with E-state index in [4.69, 9.17) is 10.5 Å². The van der Waals surface area contributed by atoms with Gasteiger partial charge in [0.1, 0.15) is 11.6 Å². The van der Waals surface area contributed by atoms with Gasteiger partial charge in [-0.3, -0.25) is 4.79 Å². The van der Waals surface area contributed by atoms with Crippen molar-refractivity contribution in [3.8, 4) is 5.75 Å². The van der Waals surface area contributed by atoms with Crippen molar-refractivity contribution in [3.05, 3.63) is 29.6 Å². The Bertz CT molecular complexity index is 369. The highest BCUT2D eigenvalue weighted by Crippen LogP contribution is 2.16. The number of nitrogens with one attached hydrogen (secondary N) is 1. The van der Waals surface area contributed by atoms with E-state index >= 15 is 0 Å². The van der Waals surface area contributed by atoms with Crippen LogP contribution < -0.4 is 15.8 Å². The summed E-state index contributed by atoms with van der Waals surface area (Å²) in [6, 6.07) is 4.32. The molecule has 5 heteroatoms. The lowest BCUT2D eigenvalue weighted by Gasteiger charge is -2.07. The number of carbonyl (C=O) groups excluding carboxylic acids is 1. The molecule has 0 saturated carbocycles. The van der Waals surface area contributed by atoms with Crippen LogP contribution in [0.1, 0.15) is 5.56 Å². The van der Waals surface area contributed by atoms with Gasteiger partial charge in [-0.1, -0.05) is 0 Å². The number of nitrogens with two attached hydrogens (primary N) is 1. The zero-order chi connectivity index (χ0) is 12.0. The van der Waals surface area contributed by atoms with Gasteiger partial charge in [-0.2, -0.15) is 0 Å². The van der Waals surface area contributed by atoms with E-state index in [-0.39, 0.29) is 12.5 Å². The average Bonchev–Trinajstić information content (AvgIpc) is 2.25. The lowest BCUT2D eigenvalue weighted by atomic mass is 10.1. The summed E-state index contributed by atoms with van der Waals surface area (Å²) in [6.45, 7) is 0.320. The van der Waals surface area contributed by atoms with Crippen LogP contribution in [0.25, 0.3) is 0 Å². The van der Waals surface area contributed by atoms with Crippen molar-refractivity contribution in [3.63, 3.8) is 0 Å². The fourth-order valence-corrected chi connectivity index (χ4v) is 1.24. The highest BCUT2D eigenvalue weighted by molar-refractivity contribution is 5.77. The molecule has 0 aliphatic heterocycles. The quantitative estimate of drug-likeness (QED) is 0.766. The smallest absolute Gasteiger partial charge is 0.257 e. The van der Waals surface area contributed by atoms with Crippen molar-refractivity contribution < 1.29 is 13.9 Å². The predicted molar refractivity (Wildman–Crippen MR) is 58.7 cm³/mol. The second-order valence-electron chi connectivity index (χ2n) is 3.30. The number of carbonyl (C=O) groups is 1. The molecule has 1 aromatic rings. The van der Waals surface area contributed by atoms with Crippen molar-refractivity contribution in [2.45, 2.75) is 6.42 Å². The number of benzene rings is 1. The molecule has 0 atom stereocenters. The van der Waals surface area contributed by atoms with Crippen LogP contribution in [0.3, 0.4) is 0 Å². The fraction of sp³-hybridized carbons (Fsp3) is 0.364. The molecule has 0 fully saturated rings. The molecule has 88 valence electrons. The summed E-state index contributed by atoms with van der Waals surface area (Å²) >= 11 is 0. The summed E-state index contributed by atoms with van der Waals surface area (Å²) in [4.78, 5) is 10.9. The van der Waals surface area contributed by atoms with Crippen LogP contribution >= 0.6 is 0 Å². The molecule has 1 aromatic carbocycles. The third-order valence-corrected chi connectivity index (χ3v) is 2.01. The summed E-state index contributed by atoms with van der Waals surface area (Å²) in [5, 5.41) is 2.41. The van der Waals surface area contributed by atoms with Crippen LogP contribution in [0.4, 0.5) is 4.39 Å². The number of likely N-dealkylation sites (N-methyl/N-ethyl adjacent to an activating group) is 1. The second-order valence-corrected chi connectivity index (χ2v) is 3.30. The molecule has 3 N–H and O–H groups in total. The van der Waals surface area contributed by atoms with Gasteiger partial charge in [-0.05, 0) is 30.7 Å². The van der Waals surface area contributed by atoms with E-state index in [1.165, 1.54) is 19.2 Å². The van der Waals surface area contributed by atoms with Gasteiger partial charge in [-0.15, -0.1) is 0 Å². The Labute approximate surface area is 93.6 Å². The van der Waals surface area contributed by atoms with Crippen molar-refractivity contribution >= 4 is 5.91 Å². The third kappa shape index (κ3) is 3.86. The van der Waals surface area contributed by atoms with Gasteiger partial charge in [-0.25, -0.2) is 4.39 Å². The Hall–Kier alpha value is -1.62. The number of amides is 1. The standard InChI is InChI=1S/C11H15FN2O2/c1-14-11(15)7-16-10-5-8(2-3-13)4-9(12)6-10/h4-6H,2-3,7,13H2,1H3,(H,14,15). The number of halogens is 1. The van der Waals surface area contributed by atoms with E-state index in [2.05, 4.69) is 5.32 Å². The summed E-state index contributed by atoms with van der Waals surface area (Å²) in [7, 11) is 1.51. The molecule has 0 aliphatic carbocycles. The zero-order valence-electron chi connectivity index (χ0n) is 9.13. The maximum Gasteiger partial charge on any atom is 0.257 e. The fourth-order valence-electron chi connectivity index (χ4n) is 1.24. The van der Waals surface area contributed by atoms with E-state index in [9.17, 15) is 9.18 Å². The number of ether oxygens (including phenoxy) is 1. The predicted octanol–water partition coefficient (Wildman–Crippen LogP) is 0.452. The third-order valence-electron chi connectivity index (χ3n) is 2.01. The van der Waals surface area contributed by atoms with Gasteiger partial charge < -0.3 is 15.8 Å². The molecule has 4 nitrogen and oxygen atoms in total. The van der Waals surface area contributed by atoms with E-state index in [1.807, 2.05) is 0 Å². The van der Waals surface area contributed by atoms with Gasteiger partial charge in [0.15, 0.2) is 6.61 Å². The summed E-state index contributed by atoms with van der Waals surface area (Å²) in [5.74, 6) is -0.311. The molecular weight excluding hydrogens is 211 g/mol. The van der Waals surface area contributed by atoms with Crippen LogP contribution in [0.5, 0.6) is 5.75 Å². The summed E-state index contributed by atoms with van der Waals surface area (Å²) in [6.07, 6.45) is 0.577. The molecule has 0 unspecified atom stereocenters. The molecule has 0 radical (unpaired) electrons. The van der Waals surface area contributed by atoms with E-state index in [0.717, 1.165) is 5.56 Å². The normalized spacial score (nSPS) is 9.94. The van der Waals surface area contributed by atoms with Gasteiger partial charge >= 0.3 is 0 Å². The first-order valence-corrected chi connectivity index (χ1v) is 4.98. The largest absolute Gasteiger partial charge is 0.484 e. The molecule has 0 aliphatic rings. The van der Waals surface area contributed by atoms with Crippen LogP contribution in [0.15, 0.2) is 18.2 Å². The zero-order valence-corrected chi connectivity index (χ0v) is 9.13. The minimum absolute atomic E-state index is 0.123. The van der Waals surface area contributed by atoms with Gasteiger partial charge in [0.05, 0.1) is 0 Å². The summed E-state index contributed by atoms with van der Waals surface area (Å²) in [5.41, 5.74) is 6.14. The molecule has 0 saturated heterocycles. The molecule has 0 bridgehead atoms. The van der Waals surface area contributed by atoms with Crippen molar-refractivity contribution in [1.82, 2.24) is 5.32 Å². The number of hydrogen-bond acceptors (Lipinski definition) is 3. The molecule has 0 aromatic heterocycles. The van der Waals surface area contributed by atoms with Crippen LogP contribution in [-0.2, 0) is 11.2 Å². The Morgan fingerprint density at radius 1 is 1.50 bits per heavy atom. The topological polar surface area (TPSA) is 64.3 Å². The molecule has 1 amide bonds. The van der Waals surface area contributed by atoms with Crippen LogP contribution in [0.2, 0.25) is 0 Å². The average molecular weight is 226 g/mol. The van der Waals surface area contributed by atoms with E-state index in [0.29, 0.717) is 18.7 Å². The van der Waals surface area contributed by atoms with E-state index < -0.39 is 5.82 Å². The Kier molecular flexibility index (Phi) is 4.72. The highest BCUT2D eigenvalue weighted by Gasteiger charge is 2.04. The maximum atomic E-state index is 13.1. The molecule has 0 heterocycles. The molecule has 0 spiro atoms. The van der Waals surface area contributed by atoms with Crippen LogP contribution in [-0.4, -0.2) is 26.1 Å². The highest BCUT2D eigenvalue weighted by atomic mass is 19.1. The van der Waals surface area contributed by atoms with Crippen LogP contribution in [0, 0.1) is 5.82 Å². The number of hydrogen-bond donors (Lipinski definition) is 2. The first-order valence-electron chi connectivity index (χ1n) is 4.98. The lowest BCUT2D eigenvalue weighted by Crippen LogP contribution is -2.24. The van der Waals surface area contributed by atoms with Gasteiger partial charge in [0, 0.05) is 13.1 Å². The lowest BCUT2D eigenvalue weighted by molar-refractivity contribution is -0.122. The monoisotopic (exact) mass is 226 g/mol. The molecule has 16 heavy (non-hydrogen) atoms. The van der Waals surface area contributed by atoms with Crippen molar-refractivity contribution in [2.24, 2.45) is 5.73 Å². The molecular formula is C11H15FN2O2. The van der Waals surface area contributed by atoms with Gasteiger partial charge in [0.25, 0.3) is 5.91 Å². The van der Waals surface area contributed by atoms with E-state index in [1.54, 1.807) is 6.07 Å². The number of rotatable bonds is 5. The Morgan fingerprint density at radius 3 is 2.88 bits per heavy atom. The van der Waals surface area contributed by atoms with Crippen molar-refractivity contribution in [2.75, 3.05) is 20.2 Å². The Balaban J connectivity index is 2.68. The first kappa shape index (κ1) is 12.4.